The summed E-state index contributed by atoms with van der Waals surface area (Å²) >= 11 is 0. The number of amides is 4. The van der Waals surface area contributed by atoms with Crippen LogP contribution >= 0.6 is 0 Å². The van der Waals surface area contributed by atoms with Crippen LogP contribution in [0.2, 0.25) is 0 Å². The summed E-state index contributed by atoms with van der Waals surface area (Å²) in [4.78, 5) is 55.8. The number of ether oxygens (including phenoxy) is 1. The van der Waals surface area contributed by atoms with Crippen LogP contribution in [0.4, 0.5) is 0 Å². The van der Waals surface area contributed by atoms with Gasteiger partial charge in [-0.25, -0.2) is 0 Å². The summed E-state index contributed by atoms with van der Waals surface area (Å²) in [5, 5.41) is 5.44. The molecule has 0 aromatic heterocycles. The number of benzene rings is 2. The van der Waals surface area contributed by atoms with Crippen molar-refractivity contribution in [1.29, 1.82) is 0 Å². The fourth-order valence-corrected chi connectivity index (χ4v) is 4.11. The Balaban J connectivity index is 1.90. The Morgan fingerprint density at radius 1 is 0.974 bits per heavy atom. The van der Waals surface area contributed by atoms with Gasteiger partial charge in [0.05, 0.1) is 19.8 Å². The molecule has 0 aliphatic carbocycles. The number of nitrogens with one attached hydrogen (secondary N) is 2. The smallest absolute Gasteiger partial charge is 0.268 e. The van der Waals surface area contributed by atoms with Gasteiger partial charge in [0, 0.05) is 14.1 Å². The summed E-state index contributed by atoms with van der Waals surface area (Å²) in [6, 6.07) is 16.7. The third kappa shape index (κ3) is 7.76. The zero-order chi connectivity index (χ0) is 27.7. The fourth-order valence-electron chi connectivity index (χ4n) is 4.11. The molecule has 38 heavy (non-hydrogen) atoms. The standard InChI is InChI=1S/C29H36N4O5/c1-20(2)15-23-29(37)33(4)24(16-21-11-7-5-8-12-21)27(35)30-17-26(34)32(3)25(28(36)31-23)19-38-18-22-13-9-6-10-14-22/h5-14,16,20,23,25H,15,17-19H2,1-4H3,(H,30,35)(H,31,36)/b24-16-/t23-,25-/m0/s1. The predicted octanol–water partition coefficient (Wildman–Crippen LogP) is 2.19. The second-order valence-electron chi connectivity index (χ2n) is 9.73. The van der Waals surface area contributed by atoms with Crippen molar-refractivity contribution >= 4 is 29.7 Å². The number of nitrogens with zero attached hydrogens (tertiary/aromatic N) is 2. The first-order valence-electron chi connectivity index (χ1n) is 12.7. The second kappa shape index (κ2) is 13.5. The summed E-state index contributed by atoms with van der Waals surface area (Å²) in [5.74, 6) is -1.88. The molecule has 2 N–H and O–H groups in total. The number of hydrogen-bond donors (Lipinski definition) is 2. The molecule has 3 rings (SSSR count). The monoisotopic (exact) mass is 520 g/mol. The topological polar surface area (TPSA) is 108 Å². The van der Waals surface area contributed by atoms with Crippen molar-refractivity contribution in [2.24, 2.45) is 5.92 Å². The van der Waals surface area contributed by atoms with Crippen molar-refractivity contribution in [1.82, 2.24) is 20.4 Å². The normalized spacial score (nSPS) is 20.7. The van der Waals surface area contributed by atoms with E-state index < -0.39 is 35.7 Å². The highest BCUT2D eigenvalue weighted by molar-refractivity contribution is 6.04. The SMILES string of the molecule is CC(C)C[C@@H]1NC(=O)[C@H](COCc2ccccc2)N(C)C(=O)CNC(=O)/C(=C/c2ccccc2)N(C)C1=O. The van der Waals surface area contributed by atoms with Crippen molar-refractivity contribution in [2.45, 2.75) is 39.0 Å². The molecule has 202 valence electrons. The van der Waals surface area contributed by atoms with Crippen LogP contribution in [0, 0.1) is 5.92 Å². The van der Waals surface area contributed by atoms with E-state index in [9.17, 15) is 19.2 Å². The van der Waals surface area contributed by atoms with Crippen molar-refractivity contribution in [2.75, 3.05) is 27.2 Å². The van der Waals surface area contributed by atoms with Crippen LogP contribution in [0.3, 0.4) is 0 Å². The van der Waals surface area contributed by atoms with Gasteiger partial charge in [-0.15, -0.1) is 0 Å². The van der Waals surface area contributed by atoms with E-state index in [-0.39, 0.29) is 31.4 Å². The number of carbonyl (C=O) groups excluding carboxylic acids is 4. The summed E-state index contributed by atoms with van der Waals surface area (Å²) in [6.45, 7) is 3.72. The maximum Gasteiger partial charge on any atom is 0.268 e. The van der Waals surface area contributed by atoms with E-state index in [1.54, 1.807) is 18.2 Å². The van der Waals surface area contributed by atoms with Crippen molar-refractivity contribution in [3.8, 4) is 0 Å². The first-order valence-corrected chi connectivity index (χ1v) is 12.7. The molecule has 9 heteroatoms. The van der Waals surface area contributed by atoms with Crippen LogP contribution in [-0.4, -0.2) is 72.8 Å². The molecule has 0 spiro atoms. The highest BCUT2D eigenvalue weighted by Crippen LogP contribution is 2.16. The summed E-state index contributed by atoms with van der Waals surface area (Å²) in [6.07, 6.45) is 1.94. The average Bonchev–Trinajstić information content (AvgIpc) is 2.91. The molecule has 2 aromatic carbocycles. The quantitative estimate of drug-likeness (QED) is 0.544. The van der Waals surface area contributed by atoms with Crippen molar-refractivity contribution in [3.63, 3.8) is 0 Å². The maximum absolute atomic E-state index is 13.6. The molecule has 2 aromatic rings. The number of hydrogen-bond acceptors (Lipinski definition) is 5. The van der Waals surface area contributed by atoms with Gasteiger partial charge in [0.2, 0.25) is 17.7 Å². The molecule has 1 heterocycles. The first-order chi connectivity index (χ1) is 18.2. The number of carbonyl (C=O) groups is 4. The number of likely N-dealkylation sites (N-methyl/N-ethyl adjacent to an activating group) is 2. The number of rotatable bonds is 7. The first kappa shape index (κ1) is 28.6. The van der Waals surface area contributed by atoms with Gasteiger partial charge in [-0.1, -0.05) is 74.5 Å². The van der Waals surface area contributed by atoms with Crippen molar-refractivity contribution < 1.29 is 23.9 Å². The minimum atomic E-state index is -0.991. The third-order valence-corrected chi connectivity index (χ3v) is 6.30. The van der Waals surface area contributed by atoms with Gasteiger partial charge in [-0.3, -0.25) is 19.2 Å². The Labute approximate surface area is 223 Å². The largest absolute Gasteiger partial charge is 0.374 e. The lowest BCUT2D eigenvalue weighted by Gasteiger charge is -2.32. The Kier molecular flexibility index (Phi) is 10.2. The summed E-state index contributed by atoms with van der Waals surface area (Å²) in [5.41, 5.74) is 1.71. The lowest BCUT2D eigenvalue weighted by atomic mass is 10.0. The molecule has 4 amide bonds. The third-order valence-electron chi connectivity index (χ3n) is 6.30. The van der Waals surface area contributed by atoms with Gasteiger partial charge in [-0.2, -0.15) is 0 Å². The van der Waals surface area contributed by atoms with Crippen LogP contribution in [0.25, 0.3) is 6.08 Å². The summed E-state index contributed by atoms with van der Waals surface area (Å²) in [7, 11) is 2.98. The molecule has 1 fully saturated rings. The van der Waals surface area contributed by atoms with Crippen molar-refractivity contribution in [3.05, 3.63) is 77.5 Å². The summed E-state index contributed by atoms with van der Waals surface area (Å²) < 4.78 is 5.80. The Hall–Kier alpha value is -3.98. The molecule has 0 saturated carbocycles. The van der Waals surface area contributed by atoms with Gasteiger partial charge in [0.25, 0.3) is 5.91 Å². The second-order valence-corrected chi connectivity index (χ2v) is 9.73. The van der Waals surface area contributed by atoms with Gasteiger partial charge in [0.15, 0.2) is 0 Å². The van der Waals surface area contributed by atoms with E-state index in [1.165, 1.54) is 23.9 Å². The molecule has 0 unspecified atom stereocenters. The Morgan fingerprint density at radius 3 is 2.24 bits per heavy atom. The van der Waals surface area contributed by atoms with E-state index in [0.29, 0.717) is 12.0 Å². The van der Waals surface area contributed by atoms with Crippen LogP contribution in [0.1, 0.15) is 31.4 Å². The molecule has 1 saturated heterocycles. The highest BCUT2D eigenvalue weighted by Gasteiger charge is 2.34. The minimum absolute atomic E-state index is 0.0722. The van der Waals surface area contributed by atoms with E-state index in [0.717, 1.165) is 5.56 Å². The zero-order valence-electron chi connectivity index (χ0n) is 22.3. The van der Waals surface area contributed by atoms with Gasteiger partial charge < -0.3 is 25.2 Å². The fraction of sp³-hybridized carbons (Fsp3) is 0.379. The molecule has 9 nitrogen and oxygen atoms in total. The minimum Gasteiger partial charge on any atom is -0.374 e. The Morgan fingerprint density at radius 2 is 1.61 bits per heavy atom. The van der Waals surface area contributed by atoms with Crippen LogP contribution < -0.4 is 10.6 Å². The van der Waals surface area contributed by atoms with Gasteiger partial charge in [0.1, 0.15) is 17.8 Å². The molecular formula is C29H36N4O5. The van der Waals surface area contributed by atoms with E-state index in [2.05, 4.69) is 10.6 Å². The van der Waals surface area contributed by atoms with E-state index >= 15 is 0 Å². The maximum atomic E-state index is 13.6. The van der Waals surface area contributed by atoms with Gasteiger partial charge >= 0.3 is 0 Å². The molecule has 0 bridgehead atoms. The highest BCUT2D eigenvalue weighted by atomic mass is 16.5. The molecule has 1 aliphatic rings. The average molecular weight is 521 g/mol. The Bertz CT molecular complexity index is 1150. The molecule has 2 atom stereocenters. The molecule has 0 radical (unpaired) electrons. The zero-order valence-corrected chi connectivity index (χ0v) is 22.3. The lowest BCUT2D eigenvalue weighted by molar-refractivity contribution is -0.144. The van der Waals surface area contributed by atoms with Crippen LogP contribution in [0.5, 0.6) is 0 Å². The lowest BCUT2D eigenvalue weighted by Crippen LogP contribution is -2.58. The van der Waals surface area contributed by atoms with Gasteiger partial charge in [-0.05, 0) is 29.5 Å². The predicted molar refractivity (Wildman–Crippen MR) is 144 cm³/mol. The van der Waals surface area contributed by atoms with E-state index in [4.69, 9.17) is 4.74 Å². The molecule has 1 aliphatic heterocycles. The van der Waals surface area contributed by atoms with Crippen LogP contribution in [-0.2, 0) is 30.5 Å². The van der Waals surface area contributed by atoms with E-state index in [1.807, 2.05) is 62.4 Å². The molecular weight excluding hydrogens is 484 g/mol. The van der Waals surface area contributed by atoms with Crippen LogP contribution in [0.15, 0.2) is 66.4 Å².